The number of thiophene rings is 2. The van der Waals surface area contributed by atoms with E-state index < -0.39 is 24.4 Å². The molecule has 0 bridgehead atoms. The fourth-order valence-corrected chi connectivity index (χ4v) is 5.02. The van der Waals surface area contributed by atoms with Crippen molar-refractivity contribution in [1.82, 2.24) is 9.78 Å². The van der Waals surface area contributed by atoms with Crippen LogP contribution in [0.25, 0.3) is 10.2 Å². The maximum atomic E-state index is 12.5. The summed E-state index contributed by atoms with van der Waals surface area (Å²) in [6.07, 6.45) is 0. The van der Waals surface area contributed by atoms with Crippen molar-refractivity contribution in [2.75, 3.05) is 11.9 Å². The third-order valence-electron chi connectivity index (χ3n) is 4.78. The SMILES string of the molecule is Cc1ccc(Cn2nc(C)c3cc(C(=O)OCC(=O)Nc4sccc4C(N)=O)sc32)cc1. The lowest BCUT2D eigenvalue weighted by molar-refractivity contribution is -0.119. The molecule has 3 heterocycles. The van der Waals surface area contributed by atoms with Crippen LogP contribution < -0.4 is 11.1 Å². The molecule has 0 saturated heterocycles. The Bertz CT molecular complexity index is 1320. The molecule has 0 saturated carbocycles. The molecule has 0 radical (unpaired) electrons. The maximum absolute atomic E-state index is 12.5. The number of nitrogens with two attached hydrogens (primary N) is 1. The van der Waals surface area contributed by atoms with E-state index in [0.29, 0.717) is 16.4 Å². The first-order valence-electron chi connectivity index (χ1n) is 9.68. The Morgan fingerprint density at radius 3 is 2.62 bits per heavy atom. The number of rotatable bonds is 7. The molecule has 0 atom stereocenters. The fraction of sp³-hybridized carbons (Fsp3) is 0.182. The van der Waals surface area contributed by atoms with E-state index in [-0.39, 0.29) is 5.56 Å². The summed E-state index contributed by atoms with van der Waals surface area (Å²) in [5.41, 5.74) is 8.59. The number of primary amides is 1. The van der Waals surface area contributed by atoms with E-state index >= 15 is 0 Å². The number of carbonyl (C=O) groups excluding carboxylic acids is 3. The lowest BCUT2D eigenvalue weighted by Crippen LogP contribution is -2.22. The maximum Gasteiger partial charge on any atom is 0.348 e. The van der Waals surface area contributed by atoms with E-state index in [1.807, 2.05) is 30.7 Å². The van der Waals surface area contributed by atoms with Crippen LogP contribution in [0, 0.1) is 13.8 Å². The van der Waals surface area contributed by atoms with Crippen LogP contribution in [-0.4, -0.2) is 34.2 Å². The van der Waals surface area contributed by atoms with E-state index in [1.165, 1.54) is 23.0 Å². The zero-order valence-electron chi connectivity index (χ0n) is 17.4. The van der Waals surface area contributed by atoms with E-state index in [4.69, 9.17) is 10.5 Å². The second-order valence-corrected chi connectivity index (χ2v) is 9.16. The Balaban J connectivity index is 1.43. The second kappa shape index (κ2) is 8.93. The summed E-state index contributed by atoms with van der Waals surface area (Å²) < 4.78 is 7.03. The normalized spacial score (nSPS) is 10.9. The molecule has 3 N–H and O–H groups in total. The number of nitrogens with zero attached hydrogens (tertiary/aromatic N) is 2. The third kappa shape index (κ3) is 4.56. The van der Waals surface area contributed by atoms with Crippen LogP contribution in [0.5, 0.6) is 0 Å². The van der Waals surface area contributed by atoms with Gasteiger partial charge in [0.15, 0.2) is 6.61 Å². The first-order chi connectivity index (χ1) is 15.3. The highest BCUT2D eigenvalue weighted by molar-refractivity contribution is 7.20. The van der Waals surface area contributed by atoms with Gasteiger partial charge in [-0.15, -0.1) is 22.7 Å². The van der Waals surface area contributed by atoms with Crippen molar-refractivity contribution >= 4 is 55.7 Å². The number of aryl methyl sites for hydroxylation is 2. The number of esters is 1. The number of aromatic nitrogens is 2. The molecule has 8 nitrogen and oxygen atoms in total. The third-order valence-corrected chi connectivity index (χ3v) is 6.74. The van der Waals surface area contributed by atoms with Crippen molar-refractivity contribution in [3.63, 3.8) is 0 Å². The first kappa shape index (κ1) is 21.7. The highest BCUT2D eigenvalue weighted by atomic mass is 32.1. The Morgan fingerprint density at radius 1 is 1.16 bits per heavy atom. The van der Waals surface area contributed by atoms with Crippen LogP contribution >= 0.6 is 22.7 Å². The van der Waals surface area contributed by atoms with Gasteiger partial charge in [-0.25, -0.2) is 4.79 Å². The summed E-state index contributed by atoms with van der Waals surface area (Å²) in [4.78, 5) is 37.3. The lowest BCUT2D eigenvalue weighted by Gasteiger charge is -2.05. The van der Waals surface area contributed by atoms with Crippen LogP contribution in [0.3, 0.4) is 0 Å². The minimum Gasteiger partial charge on any atom is -0.451 e. The molecule has 32 heavy (non-hydrogen) atoms. The Hall–Kier alpha value is -3.50. The predicted octanol–water partition coefficient (Wildman–Crippen LogP) is 3.72. The molecular weight excluding hydrogens is 448 g/mol. The number of hydrogen-bond acceptors (Lipinski definition) is 7. The minimum atomic E-state index is -0.640. The van der Waals surface area contributed by atoms with E-state index in [1.54, 1.807) is 11.4 Å². The zero-order chi connectivity index (χ0) is 22.8. The molecule has 4 rings (SSSR count). The topological polar surface area (TPSA) is 116 Å². The van der Waals surface area contributed by atoms with Gasteiger partial charge < -0.3 is 15.8 Å². The molecular formula is C22H20N4O4S2. The summed E-state index contributed by atoms with van der Waals surface area (Å²) >= 11 is 2.44. The van der Waals surface area contributed by atoms with Crippen LogP contribution in [-0.2, 0) is 16.1 Å². The summed E-state index contributed by atoms with van der Waals surface area (Å²) in [6.45, 7) is 4.04. The largest absolute Gasteiger partial charge is 0.451 e. The molecule has 0 aliphatic rings. The predicted molar refractivity (Wildman–Crippen MR) is 124 cm³/mol. The van der Waals surface area contributed by atoms with Crippen molar-refractivity contribution in [2.24, 2.45) is 5.73 Å². The van der Waals surface area contributed by atoms with Crippen molar-refractivity contribution < 1.29 is 19.1 Å². The lowest BCUT2D eigenvalue weighted by atomic mass is 10.1. The van der Waals surface area contributed by atoms with Gasteiger partial charge in [0.1, 0.15) is 14.7 Å². The monoisotopic (exact) mass is 468 g/mol. The number of nitrogens with one attached hydrogen (secondary N) is 1. The number of anilines is 1. The Labute approximate surface area is 191 Å². The fourth-order valence-electron chi connectivity index (χ4n) is 3.15. The van der Waals surface area contributed by atoms with E-state index in [9.17, 15) is 14.4 Å². The minimum absolute atomic E-state index is 0.216. The van der Waals surface area contributed by atoms with Gasteiger partial charge in [0.05, 0.1) is 17.8 Å². The molecule has 3 aromatic heterocycles. The quantitative estimate of drug-likeness (QED) is 0.401. The summed E-state index contributed by atoms with van der Waals surface area (Å²) in [5.74, 6) is -1.78. The van der Waals surface area contributed by atoms with Gasteiger partial charge in [-0.1, -0.05) is 29.8 Å². The van der Waals surface area contributed by atoms with Crippen LogP contribution in [0.2, 0.25) is 0 Å². The van der Waals surface area contributed by atoms with Gasteiger partial charge in [-0.05, 0) is 36.9 Å². The number of fused-ring (bicyclic) bond motifs is 1. The van der Waals surface area contributed by atoms with Gasteiger partial charge in [0.25, 0.3) is 11.8 Å². The molecule has 0 aliphatic heterocycles. The standard InChI is InChI=1S/C22H20N4O4S2/c1-12-3-5-14(6-4-12)10-26-21-16(13(2)25-26)9-17(32-21)22(29)30-11-18(27)24-20-15(19(23)28)7-8-31-20/h3-9H,10-11H2,1-2H3,(H2,23,28)(H,24,27). The number of amides is 2. The Morgan fingerprint density at radius 2 is 1.91 bits per heavy atom. The molecule has 10 heteroatoms. The van der Waals surface area contributed by atoms with Gasteiger partial charge >= 0.3 is 5.97 Å². The summed E-state index contributed by atoms with van der Waals surface area (Å²) in [6, 6.07) is 11.5. The van der Waals surface area contributed by atoms with Crippen LogP contribution in [0.1, 0.15) is 36.9 Å². The summed E-state index contributed by atoms with van der Waals surface area (Å²) in [5, 5.41) is 9.97. The number of benzene rings is 1. The highest BCUT2D eigenvalue weighted by Crippen LogP contribution is 2.29. The molecule has 2 amide bonds. The van der Waals surface area contributed by atoms with Crippen molar-refractivity contribution in [3.05, 3.63) is 69.0 Å². The first-order valence-corrected chi connectivity index (χ1v) is 11.4. The van der Waals surface area contributed by atoms with Crippen LogP contribution in [0.15, 0.2) is 41.8 Å². The van der Waals surface area contributed by atoms with E-state index in [0.717, 1.165) is 32.8 Å². The number of ether oxygens (including phenoxy) is 1. The number of carbonyl (C=O) groups is 3. The van der Waals surface area contributed by atoms with Gasteiger partial charge in [0.2, 0.25) is 0 Å². The van der Waals surface area contributed by atoms with Crippen molar-refractivity contribution in [1.29, 1.82) is 0 Å². The van der Waals surface area contributed by atoms with Gasteiger partial charge in [0, 0.05) is 5.39 Å². The molecule has 0 aliphatic carbocycles. The Kier molecular flexibility index (Phi) is 6.06. The average molecular weight is 469 g/mol. The van der Waals surface area contributed by atoms with Gasteiger partial charge in [-0.2, -0.15) is 5.10 Å². The van der Waals surface area contributed by atoms with E-state index in [2.05, 4.69) is 22.5 Å². The molecule has 164 valence electrons. The van der Waals surface area contributed by atoms with Crippen molar-refractivity contribution in [2.45, 2.75) is 20.4 Å². The molecule has 1 aromatic carbocycles. The summed E-state index contributed by atoms with van der Waals surface area (Å²) in [7, 11) is 0. The van der Waals surface area contributed by atoms with Gasteiger partial charge in [-0.3, -0.25) is 14.3 Å². The molecule has 0 spiro atoms. The number of hydrogen-bond donors (Lipinski definition) is 2. The second-order valence-electron chi connectivity index (χ2n) is 7.21. The average Bonchev–Trinajstić information content (AvgIpc) is 3.46. The zero-order valence-corrected chi connectivity index (χ0v) is 19.0. The smallest absolute Gasteiger partial charge is 0.348 e. The van der Waals surface area contributed by atoms with Crippen LogP contribution in [0.4, 0.5) is 5.00 Å². The van der Waals surface area contributed by atoms with Crippen molar-refractivity contribution in [3.8, 4) is 0 Å². The molecule has 0 fully saturated rings. The molecule has 0 unspecified atom stereocenters. The molecule has 4 aromatic rings. The highest BCUT2D eigenvalue weighted by Gasteiger charge is 2.19.